The van der Waals surface area contributed by atoms with Crippen molar-refractivity contribution < 1.29 is 37.8 Å². The molecular formula is C13H11BrNO2Y-. The molecule has 1 heterocycles. The van der Waals surface area contributed by atoms with E-state index >= 15 is 0 Å². The zero-order valence-electron chi connectivity index (χ0n) is 10.1. The van der Waals surface area contributed by atoms with Gasteiger partial charge in [0.05, 0.1) is 0 Å². The number of hydrogen-bond acceptors (Lipinski definition) is 2. The van der Waals surface area contributed by atoms with E-state index in [1.54, 1.807) is 42.8 Å². The minimum Gasteiger partial charge on any atom is -0.508 e. The normalized spacial score (nSPS) is 9.94. The molecule has 2 aromatic rings. The molecule has 0 fully saturated rings. The molecule has 0 unspecified atom stereocenters. The molecule has 0 bridgehead atoms. The molecule has 91 valence electrons. The van der Waals surface area contributed by atoms with Gasteiger partial charge in [-0.1, -0.05) is 39.7 Å². The Bertz CT molecular complexity index is 637. The largest absolute Gasteiger partial charge is 0.508 e. The fourth-order valence-electron chi connectivity index (χ4n) is 1.66. The molecule has 0 amide bonds. The summed E-state index contributed by atoms with van der Waals surface area (Å²) in [5.74, 6) is 0.178. The summed E-state index contributed by atoms with van der Waals surface area (Å²) in [5, 5.41) is 9.34. The molecule has 1 aromatic carbocycles. The van der Waals surface area contributed by atoms with Gasteiger partial charge in [-0.25, -0.2) is 0 Å². The molecule has 1 radical (unpaired) electrons. The van der Waals surface area contributed by atoms with Gasteiger partial charge < -0.3 is 9.67 Å². The van der Waals surface area contributed by atoms with E-state index in [1.807, 2.05) is 0 Å². The number of nitrogens with zero attached hydrogens (tertiary/aromatic N) is 1. The van der Waals surface area contributed by atoms with Crippen molar-refractivity contribution in [2.75, 3.05) is 0 Å². The Labute approximate surface area is 139 Å². The van der Waals surface area contributed by atoms with E-state index in [-0.39, 0.29) is 44.0 Å². The topological polar surface area (TPSA) is 42.2 Å². The number of pyridine rings is 1. The SMILES string of the molecule is Cc1c[c-]c(-c2ccc(O)cc2Br)n(C)c1=O.[Y]. The molecule has 5 heteroatoms. The van der Waals surface area contributed by atoms with Crippen molar-refractivity contribution in [3.05, 3.63) is 50.7 Å². The van der Waals surface area contributed by atoms with Gasteiger partial charge in [-0.2, -0.15) is 12.1 Å². The van der Waals surface area contributed by atoms with Gasteiger partial charge in [0, 0.05) is 39.8 Å². The molecule has 0 aliphatic carbocycles. The Morgan fingerprint density at radius 1 is 1.39 bits per heavy atom. The van der Waals surface area contributed by atoms with E-state index in [0.29, 0.717) is 11.3 Å². The fourth-order valence-corrected chi connectivity index (χ4v) is 2.21. The van der Waals surface area contributed by atoms with Crippen molar-refractivity contribution in [1.29, 1.82) is 0 Å². The van der Waals surface area contributed by atoms with Crippen LogP contribution in [0.3, 0.4) is 0 Å². The number of hydrogen-bond donors (Lipinski definition) is 1. The molecule has 0 atom stereocenters. The van der Waals surface area contributed by atoms with Gasteiger partial charge in [-0.05, 0) is 16.6 Å². The fraction of sp³-hybridized carbons (Fsp3) is 0.154. The van der Waals surface area contributed by atoms with Gasteiger partial charge in [0.25, 0.3) is 0 Å². The van der Waals surface area contributed by atoms with E-state index in [2.05, 4.69) is 22.0 Å². The third-order valence-corrected chi connectivity index (χ3v) is 3.27. The molecule has 0 aliphatic rings. The first kappa shape index (κ1) is 15.6. The van der Waals surface area contributed by atoms with Crippen LogP contribution in [0, 0.1) is 13.0 Å². The second kappa shape index (κ2) is 6.13. The van der Waals surface area contributed by atoms with Gasteiger partial charge in [0.15, 0.2) is 5.56 Å². The number of aromatic hydroxyl groups is 1. The molecule has 2 rings (SSSR count). The van der Waals surface area contributed by atoms with Gasteiger partial charge in [-0.15, -0.1) is 6.07 Å². The van der Waals surface area contributed by atoms with Crippen LogP contribution >= 0.6 is 15.9 Å². The summed E-state index contributed by atoms with van der Waals surface area (Å²) in [6.07, 6.45) is 0. The predicted molar refractivity (Wildman–Crippen MR) is 70.1 cm³/mol. The van der Waals surface area contributed by atoms with E-state index < -0.39 is 0 Å². The number of benzene rings is 1. The van der Waals surface area contributed by atoms with Gasteiger partial charge >= 0.3 is 0 Å². The van der Waals surface area contributed by atoms with Crippen molar-refractivity contribution in [2.45, 2.75) is 6.92 Å². The number of rotatable bonds is 1. The number of phenolic OH excluding ortho intramolecular Hbond substituents is 1. The molecule has 0 spiro atoms. The molecule has 0 aliphatic heterocycles. The number of halogens is 1. The van der Waals surface area contributed by atoms with Crippen molar-refractivity contribution in [3.63, 3.8) is 0 Å². The number of aryl methyl sites for hydroxylation is 1. The van der Waals surface area contributed by atoms with Crippen LogP contribution in [0.5, 0.6) is 5.75 Å². The first-order valence-electron chi connectivity index (χ1n) is 5.08. The molecule has 0 saturated carbocycles. The third kappa shape index (κ3) is 2.93. The summed E-state index contributed by atoms with van der Waals surface area (Å²) in [6, 6.07) is 9.67. The predicted octanol–water partition coefficient (Wildman–Crippen LogP) is 2.63. The smallest absolute Gasteiger partial charge is 0.197 e. The van der Waals surface area contributed by atoms with E-state index in [1.165, 1.54) is 0 Å². The van der Waals surface area contributed by atoms with Crippen LogP contribution in [0.15, 0.2) is 33.5 Å². The zero-order chi connectivity index (χ0) is 12.6. The summed E-state index contributed by atoms with van der Waals surface area (Å²) >= 11 is 3.37. The van der Waals surface area contributed by atoms with E-state index in [9.17, 15) is 9.90 Å². The average molecular weight is 382 g/mol. The first-order valence-corrected chi connectivity index (χ1v) is 5.87. The summed E-state index contributed by atoms with van der Waals surface area (Å²) in [6.45, 7) is 1.76. The quantitative estimate of drug-likeness (QED) is 0.771. The molecule has 0 saturated heterocycles. The maximum Gasteiger partial charge on any atom is 0.197 e. The Morgan fingerprint density at radius 2 is 2.06 bits per heavy atom. The maximum atomic E-state index is 11.8. The van der Waals surface area contributed by atoms with Crippen LogP contribution in [-0.2, 0) is 39.8 Å². The monoisotopic (exact) mass is 381 g/mol. The van der Waals surface area contributed by atoms with Crippen LogP contribution in [0.4, 0.5) is 0 Å². The standard InChI is InChI=1S/C13H11BrNO2.Y/c1-8-3-6-12(15(2)13(8)17)10-5-4-9(16)7-11(10)14;/h3-5,7,16H,1-2H3;/q-1;. The molecular weight excluding hydrogens is 371 g/mol. The molecule has 18 heavy (non-hydrogen) atoms. The van der Waals surface area contributed by atoms with Crippen LogP contribution < -0.4 is 5.56 Å². The Hall–Kier alpha value is -0.446. The molecule has 3 nitrogen and oxygen atoms in total. The van der Waals surface area contributed by atoms with Crippen LogP contribution in [0.25, 0.3) is 11.3 Å². The van der Waals surface area contributed by atoms with Crippen molar-refractivity contribution >= 4 is 15.9 Å². The van der Waals surface area contributed by atoms with Crippen LogP contribution in [0.1, 0.15) is 5.56 Å². The van der Waals surface area contributed by atoms with Crippen LogP contribution in [-0.4, -0.2) is 9.67 Å². The molecule has 1 aromatic heterocycles. The van der Waals surface area contributed by atoms with Crippen molar-refractivity contribution in [1.82, 2.24) is 4.57 Å². The minimum absolute atomic E-state index is 0. The van der Waals surface area contributed by atoms with Crippen LogP contribution in [0.2, 0.25) is 0 Å². The molecule has 1 N–H and O–H groups in total. The van der Waals surface area contributed by atoms with Gasteiger partial charge in [0.1, 0.15) is 5.75 Å². The zero-order valence-corrected chi connectivity index (χ0v) is 14.5. The minimum atomic E-state index is -0.0428. The van der Waals surface area contributed by atoms with E-state index in [0.717, 1.165) is 10.0 Å². The maximum absolute atomic E-state index is 11.8. The summed E-state index contributed by atoms with van der Waals surface area (Å²) < 4.78 is 2.28. The Kier molecular flexibility index (Phi) is 5.32. The van der Waals surface area contributed by atoms with Crippen molar-refractivity contribution in [3.8, 4) is 17.0 Å². The summed E-state index contributed by atoms with van der Waals surface area (Å²) in [5.41, 5.74) is 2.12. The van der Waals surface area contributed by atoms with E-state index in [4.69, 9.17) is 0 Å². The third-order valence-electron chi connectivity index (χ3n) is 2.61. The Balaban J connectivity index is 0.00000162. The second-order valence-electron chi connectivity index (χ2n) is 3.85. The first-order chi connectivity index (χ1) is 8.00. The number of phenols is 1. The van der Waals surface area contributed by atoms with Gasteiger partial charge in [-0.3, -0.25) is 4.79 Å². The number of aromatic nitrogens is 1. The second-order valence-corrected chi connectivity index (χ2v) is 4.70. The summed E-state index contributed by atoms with van der Waals surface area (Å²) in [4.78, 5) is 11.8. The summed E-state index contributed by atoms with van der Waals surface area (Å²) in [7, 11) is 1.71. The average Bonchev–Trinajstić information content (AvgIpc) is 2.28. The van der Waals surface area contributed by atoms with Crippen molar-refractivity contribution in [2.24, 2.45) is 7.05 Å². The van der Waals surface area contributed by atoms with Gasteiger partial charge in [0.2, 0.25) is 0 Å². The Morgan fingerprint density at radius 3 is 2.67 bits per heavy atom.